The van der Waals surface area contributed by atoms with E-state index in [0.717, 1.165) is 25.9 Å². The van der Waals surface area contributed by atoms with Gasteiger partial charge in [-0.15, -0.1) is 0 Å². The Morgan fingerprint density at radius 2 is 1.75 bits per heavy atom. The number of hydrogen-bond acceptors (Lipinski definition) is 4. The molecule has 2 N–H and O–H groups in total. The molecule has 1 aromatic heterocycles. The number of carbonyl (C=O) groups excluding carboxylic acids is 2. The summed E-state index contributed by atoms with van der Waals surface area (Å²) in [4.78, 5) is 25.3. The molecule has 3 aromatic rings. The molecule has 1 heterocycles. The van der Waals surface area contributed by atoms with Gasteiger partial charge in [-0.3, -0.25) is 9.59 Å². The van der Waals surface area contributed by atoms with Crippen LogP contribution in [0, 0.1) is 29.1 Å². The van der Waals surface area contributed by atoms with Crippen molar-refractivity contribution in [2.45, 2.75) is 47.3 Å². The van der Waals surface area contributed by atoms with Gasteiger partial charge in [0.1, 0.15) is 6.54 Å². The average molecular weight is 563 g/mol. The molecule has 0 unspecified atom stereocenters. The molecular formula is C23H26IN5O2S. The number of anilines is 1. The summed E-state index contributed by atoms with van der Waals surface area (Å²) in [6.45, 7) is 8.59. The first-order valence-electron chi connectivity index (χ1n) is 10.3. The van der Waals surface area contributed by atoms with Gasteiger partial charge in [-0.25, -0.2) is 4.68 Å². The third-order valence-corrected chi connectivity index (χ3v) is 6.22. The number of aryl methyl sites for hydroxylation is 3. The van der Waals surface area contributed by atoms with Gasteiger partial charge in [-0.05, 0) is 97.4 Å². The second kappa shape index (κ2) is 10.4. The highest BCUT2D eigenvalue weighted by Gasteiger charge is 2.16. The summed E-state index contributed by atoms with van der Waals surface area (Å²) in [6.07, 6.45) is 0. The van der Waals surface area contributed by atoms with Crippen LogP contribution in [0.5, 0.6) is 0 Å². The number of amides is 2. The number of carbonyl (C=O) groups is 2. The van der Waals surface area contributed by atoms with Crippen LogP contribution in [0.2, 0.25) is 0 Å². The van der Waals surface area contributed by atoms with Crippen molar-refractivity contribution < 1.29 is 9.59 Å². The first-order chi connectivity index (χ1) is 15.2. The van der Waals surface area contributed by atoms with Crippen molar-refractivity contribution in [3.63, 3.8) is 0 Å². The minimum atomic E-state index is -0.204. The molecule has 0 atom stereocenters. The smallest absolute Gasteiger partial charge is 0.251 e. The van der Waals surface area contributed by atoms with Gasteiger partial charge in [0.2, 0.25) is 5.91 Å². The third-order valence-electron chi connectivity index (χ3n) is 5.17. The van der Waals surface area contributed by atoms with Crippen LogP contribution < -0.4 is 10.6 Å². The van der Waals surface area contributed by atoms with E-state index in [-0.39, 0.29) is 24.9 Å². The van der Waals surface area contributed by atoms with E-state index in [0.29, 0.717) is 22.7 Å². The van der Waals surface area contributed by atoms with E-state index in [1.807, 2.05) is 62.6 Å². The van der Waals surface area contributed by atoms with Crippen molar-refractivity contribution in [2.24, 2.45) is 0 Å². The SMILES string of the molecule is CCn1c(CNC(=O)c2ccccc2C)nn(CC(=O)Nc2c(C)cc(I)cc2C)c1=S. The number of benzene rings is 2. The van der Waals surface area contributed by atoms with Gasteiger partial charge in [0.25, 0.3) is 5.91 Å². The minimum Gasteiger partial charge on any atom is -0.345 e. The summed E-state index contributed by atoms with van der Waals surface area (Å²) in [5.74, 6) is 0.229. The van der Waals surface area contributed by atoms with Gasteiger partial charge in [0, 0.05) is 21.4 Å². The molecule has 0 aliphatic heterocycles. The lowest BCUT2D eigenvalue weighted by Crippen LogP contribution is -2.25. The number of nitrogens with one attached hydrogen (secondary N) is 2. The maximum absolute atomic E-state index is 12.7. The Kier molecular flexibility index (Phi) is 7.83. The van der Waals surface area contributed by atoms with Gasteiger partial charge < -0.3 is 15.2 Å². The topological polar surface area (TPSA) is 81.0 Å². The maximum Gasteiger partial charge on any atom is 0.251 e. The van der Waals surface area contributed by atoms with Crippen molar-refractivity contribution in [3.05, 3.63) is 72.8 Å². The lowest BCUT2D eigenvalue weighted by atomic mass is 10.1. The monoisotopic (exact) mass is 563 g/mol. The number of rotatable bonds is 7. The molecule has 0 radical (unpaired) electrons. The highest BCUT2D eigenvalue weighted by molar-refractivity contribution is 14.1. The van der Waals surface area contributed by atoms with E-state index in [1.165, 1.54) is 4.68 Å². The predicted octanol–water partition coefficient (Wildman–Crippen LogP) is 4.53. The molecule has 2 aromatic carbocycles. The van der Waals surface area contributed by atoms with Crippen molar-refractivity contribution in [1.29, 1.82) is 0 Å². The van der Waals surface area contributed by atoms with Crippen molar-refractivity contribution >= 4 is 52.3 Å². The molecule has 32 heavy (non-hydrogen) atoms. The molecule has 0 bridgehead atoms. The number of hydrogen-bond donors (Lipinski definition) is 2. The molecule has 168 valence electrons. The van der Waals surface area contributed by atoms with E-state index >= 15 is 0 Å². The fourth-order valence-electron chi connectivity index (χ4n) is 3.54. The Morgan fingerprint density at radius 1 is 1.09 bits per heavy atom. The van der Waals surface area contributed by atoms with Crippen molar-refractivity contribution in [1.82, 2.24) is 19.7 Å². The first kappa shape index (κ1) is 24.1. The van der Waals surface area contributed by atoms with E-state index < -0.39 is 0 Å². The summed E-state index contributed by atoms with van der Waals surface area (Å²) in [7, 11) is 0. The van der Waals surface area contributed by atoms with Gasteiger partial charge >= 0.3 is 0 Å². The van der Waals surface area contributed by atoms with Crippen LogP contribution in [-0.4, -0.2) is 26.2 Å². The molecular weight excluding hydrogens is 537 g/mol. The molecule has 0 aliphatic rings. The zero-order valence-corrected chi connectivity index (χ0v) is 21.5. The Balaban J connectivity index is 1.74. The Hall–Kier alpha value is -2.53. The van der Waals surface area contributed by atoms with Crippen molar-refractivity contribution in [3.8, 4) is 0 Å². The minimum absolute atomic E-state index is 0.00452. The molecule has 0 saturated carbocycles. The molecule has 9 heteroatoms. The number of halogens is 1. The van der Waals surface area contributed by atoms with Crippen LogP contribution in [0.15, 0.2) is 36.4 Å². The summed E-state index contributed by atoms with van der Waals surface area (Å²) < 4.78 is 4.89. The maximum atomic E-state index is 12.7. The molecule has 0 saturated heterocycles. The first-order valence-corrected chi connectivity index (χ1v) is 11.8. The summed E-state index contributed by atoms with van der Waals surface area (Å²) in [6, 6.07) is 11.5. The normalized spacial score (nSPS) is 10.8. The second-order valence-electron chi connectivity index (χ2n) is 7.56. The van der Waals surface area contributed by atoms with Crippen LogP contribution in [0.1, 0.15) is 39.8 Å². The lowest BCUT2D eigenvalue weighted by Gasteiger charge is -2.12. The summed E-state index contributed by atoms with van der Waals surface area (Å²) in [5, 5.41) is 10.4. The van der Waals surface area contributed by atoms with Crippen LogP contribution in [0.25, 0.3) is 0 Å². The highest BCUT2D eigenvalue weighted by Crippen LogP contribution is 2.23. The van der Waals surface area contributed by atoms with Gasteiger partial charge in [0.05, 0.1) is 6.54 Å². The Labute approximate surface area is 206 Å². The summed E-state index contributed by atoms with van der Waals surface area (Å²) in [5.41, 5.74) is 4.34. The zero-order valence-electron chi connectivity index (χ0n) is 18.5. The Bertz CT molecular complexity index is 1210. The quantitative estimate of drug-likeness (QED) is 0.327. The predicted molar refractivity (Wildman–Crippen MR) is 136 cm³/mol. The fraction of sp³-hybridized carbons (Fsp3) is 0.304. The van der Waals surface area contributed by atoms with Crippen molar-refractivity contribution in [2.75, 3.05) is 5.32 Å². The zero-order chi connectivity index (χ0) is 23.4. The lowest BCUT2D eigenvalue weighted by molar-refractivity contribution is -0.117. The van der Waals surface area contributed by atoms with Crippen LogP contribution in [-0.2, 0) is 24.4 Å². The summed E-state index contributed by atoms with van der Waals surface area (Å²) >= 11 is 7.79. The van der Waals surface area contributed by atoms with Crippen LogP contribution in [0.4, 0.5) is 5.69 Å². The highest BCUT2D eigenvalue weighted by atomic mass is 127. The molecule has 0 spiro atoms. The molecule has 0 aliphatic carbocycles. The number of aromatic nitrogens is 3. The third kappa shape index (κ3) is 5.44. The van der Waals surface area contributed by atoms with Gasteiger partial charge in [-0.2, -0.15) is 5.10 Å². The fourth-order valence-corrected chi connectivity index (χ4v) is 4.82. The largest absolute Gasteiger partial charge is 0.345 e. The Morgan fingerprint density at radius 3 is 2.38 bits per heavy atom. The molecule has 7 nitrogen and oxygen atoms in total. The van der Waals surface area contributed by atoms with Gasteiger partial charge in [0.15, 0.2) is 10.6 Å². The van der Waals surface area contributed by atoms with E-state index in [4.69, 9.17) is 12.2 Å². The van der Waals surface area contributed by atoms with E-state index in [9.17, 15) is 9.59 Å². The van der Waals surface area contributed by atoms with E-state index in [1.54, 1.807) is 6.07 Å². The standard InChI is InChI=1S/C23H26IN5O2S/c1-5-28-19(12-25-22(31)18-9-7-6-8-14(18)2)27-29(23(28)32)13-20(30)26-21-15(3)10-17(24)11-16(21)4/h6-11H,5,12-13H2,1-4H3,(H,25,31)(H,26,30). The van der Waals surface area contributed by atoms with Gasteiger partial charge in [-0.1, -0.05) is 18.2 Å². The average Bonchev–Trinajstić information content (AvgIpc) is 3.03. The number of nitrogens with zero attached hydrogens (tertiary/aromatic N) is 3. The molecule has 3 rings (SSSR count). The molecule has 0 fully saturated rings. The second-order valence-corrected chi connectivity index (χ2v) is 9.17. The molecule has 2 amide bonds. The van der Waals surface area contributed by atoms with Crippen LogP contribution >= 0.6 is 34.8 Å². The van der Waals surface area contributed by atoms with Crippen LogP contribution in [0.3, 0.4) is 0 Å². The van der Waals surface area contributed by atoms with E-state index in [2.05, 4.69) is 38.3 Å².